The van der Waals surface area contributed by atoms with Crippen molar-refractivity contribution < 1.29 is 0 Å². The molecular weight excluding hydrogens is 240 g/mol. The molecule has 0 radical (unpaired) electrons. The van der Waals surface area contributed by atoms with E-state index >= 15 is 0 Å². The third kappa shape index (κ3) is 4.27. The molecule has 0 aliphatic heterocycles. The smallest absolute Gasteiger partial charge is 0.0565 e. The first-order chi connectivity index (χ1) is 6.14. The van der Waals surface area contributed by atoms with Gasteiger partial charge in [-0.1, -0.05) is 73.6 Å². The van der Waals surface area contributed by atoms with Gasteiger partial charge in [0.2, 0.25) is 0 Å². The van der Waals surface area contributed by atoms with Gasteiger partial charge in [-0.25, -0.2) is 0 Å². The molecule has 76 valence electrons. The van der Waals surface area contributed by atoms with E-state index in [0.29, 0.717) is 0 Å². The molecule has 0 atom stereocenters. The molecule has 0 heterocycles. The molecule has 0 N–H and O–H groups in total. The second kappa shape index (κ2) is 6.60. The summed E-state index contributed by atoms with van der Waals surface area (Å²) in [7, 11) is -0.951. The van der Waals surface area contributed by atoms with E-state index in [4.69, 9.17) is 0 Å². The topological polar surface area (TPSA) is 0 Å². The van der Waals surface area contributed by atoms with Gasteiger partial charge in [0.05, 0.1) is 8.07 Å². The maximum absolute atomic E-state index is 3.74. The molecule has 0 amide bonds. The van der Waals surface area contributed by atoms with Crippen LogP contribution in [-0.4, -0.2) is 8.07 Å². The summed E-state index contributed by atoms with van der Waals surface area (Å²) in [4.78, 5) is 0. The Balaban J connectivity index is 4.33. The zero-order valence-corrected chi connectivity index (χ0v) is 11.7. The Morgan fingerprint density at radius 3 is 2.00 bits per heavy atom. The lowest BCUT2D eigenvalue weighted by molar-refractivity contribution is 1.14. The van der Waals surface area contributed by atoms with Crippen molar-refractivity contribution in [2.45, 2.75) is 44.9 Å². The fraction of sp³-hybridized carbons (Fsp3) is 0.636. The van der Waals surface area contributed by atoms with Gasteiger partial charge in [-0.15, -0.1) is 0 Å². The average Bonchev–Trinajstić information content (AvgIpc) is 2.20. The van der Waals surface area contributed by atoms with Crippen LogP contribution in [0, 0.1) is 0 Å². The Labute approximate surface area is 92.3 Å². The normalized spacial score (nSPS) is 13.1. The quantitative estimate of drug-likeness (QED) is 0.468. The Kier molecular flexibility index (Phi) is 6.69. The Bertz CT molecular complexity index is 172. The predicted molar refractivity (Wildman–Crippen MR) is 69.2 cm³/mol. The van der Waals surface area contributed by atoms with Gasteiger partial charge in [0.1, 0.15) is 0 Å². The molecule has 0 aromatic carbocycles. The number of hydrogen-bond donors (Lipinski definition) is 0. The van der Waals surface area contributed by atoms with E-state index in [2.05, 4.69) is 49.4 Å². The Morgan fingerprint density at radius 2 is 1.69 bits per heavy atom. The van der Waals surface area contributed by atoms with Crippen molar-refractivity contribution in [3.05, 3.63) is 23.2 Å². The number of halogens is 1. The maximum atomic E-state index is 3.74. The summed E-state index contributed by atoms with van der Waals surface area (Å²) in [5, 5.41) is 0. The number of rotatable bonds is 6. The lowest BCUT2D eigenvalue weighted by atomic mass is 10.5. The van der Waals surface area contributed by atoms with Crippen LogP contribution in [0.5, 0.6) is 0 Å². The van der Waals surface area contributed by atoms with Gasteiger partial charge in [0.15, 0.2) is 0 Å². The highest BCUT2D eigenvalue weighted by Gasteiger charge is 2.24. The molecule has 0 rings (SSSR count). The highest BCUT2D eigenvalue weighted by atomic mass is 79.9. The van der Waals surface area contributed by atoms with E-state index in [1.165, 1.54) is 24.2 Å². The molecular formula is C11H21BrSi. The second-order valence-corrected chi connectivity index (χ2v) is 10.0. The minimum atomic E-state index is -0.951. The lowest BCUT2D eigenvalue weighted by Crippen LogP contribution is -2.30. The Morgan fingerprint density at radius 1 is 1.23 bits per heavy atom. The summed E-state index contributed by atoms with van der Waals surface area (Å²) in [6, 6.07) is 5.48. The lowest BCUT2D eigenvalue weighted by Gasteiger charge is -2.26. The van der Waals surface area contributed by atoms with E-state index < -0.39 is 8.07 Å². The summed E-state index contributed by atoms with van der Waals surface area (Å²) in [5.74, 6) is 0. The molecule has 0 fully saturated rings. The van der Waals surface area contributed by atoms with Crippen molar-refractivity contribution in [3.63, 3.8) is 0 Å². The summed E-state index contributed by atoms with van der Waals surface area (Å²) < 4.78 is 1.15. The summed E-state index contributed by atoms with van der Waals surface area (Å²) in [6.45, 7) is 10.8. The standard InChI is InChI=1S/C11H21BrSi/c1-5-11(12)9-10-13(6-2,7-3)8-4/h5,9H,1,6-8,10H2,2-4H3/b11-9-. The van der Waals surface area contributed by atoms with Crippen molar-refractivity contribution >= 4 is 24.0 Å². The first-order valence-electron chi connectivity index (χ1n) is 5.12. The summed E-state index contributed by atoms with van der Waals surface area (Å²) >= 11 is 3.48. The molecule has 0 aliphatic carbocycles. The molecule has 13 heavy (non-hydrogen) atoms. The van der Waals surface area contributed by atoms with Gasteiger partial charge in [0, 0.05) is 4.48 Å². The average molecular weight is 261 g/mol. The molecule has 0 aliphatic rings. The largest absolute Gasteiger partial charge is 0.0980 e. The predicted octanol–water partition coefficient (Wildman–Crippen LogP) is 4.96. The highest BCUT2D eigenvalue weighted by molar-refractivity contribution is 9.11. The monoisotopic (exact) mass is 260 g/mol. The SMILES string of the molecule is C=C/C(Br)=C/C[Si](CC)(CC)CC. The van der Waals surface area contributed by atoms with E-state index in [1.54, 1.807) is 0 Å². The van der Waals surface area contributed by atoms with Gasteiger partial charge < -0.3 is 0 Å². The van der Waals surface area contributed by atoms with Crippen LogP contribution in [0.1, 0.15) is 20.8 Å². The molecule has 0 saturated heterocycles. The van der Waals surface area contributed by atoms with Crippen LogP contribution in [0.3, 0.4) is 0 Å². The first-order valence-corrected chi connectivity index (χ1v) is 8.74. The Hall–Kier alpha value is 0.177. The number of hydrogen-bond acceptors (Lipinski definition) is 0. The molecule has 0 saturated carbocycles. The van der Waals surface area contributed by atoms with Gasteiger partial charge >= 0.3 is 0 Å². The summed E-state index contributed by atoms with van der Waals surface area (Å²) in [6.07, 6.45) is 4.18. The number of allylic oxidation sites excluding steroid dienone is 3. The highest BCUT2D eigenvalue weighted by Crippen LogP contribution is 2.26. The molecule has 0 spiro atoms. The van der Waals surface area contributed by atoms with Crippen LogP contribution >= 0.6 is 15.9 Å². The van der Waals surface area contributed by atoms with E-state index in [0.717, 1.165) is 4.48 Å². The molecule has 0 nitrogen and oxygen atoms in total. The van der Waals surface area contributed by atoms with Gasteiger partial charge in [-0.3, -0.25) is 0 Å². The molecule has 0 unspecified atom stereocenters. The molecule has 0 aromatic rings. The van der Waals surface area contributed by atoms with Crippen molar-refractivity contribution in [2.75, 3.05) is 0 Å². The van der Waals surface area contributed by atoms with E-state index in [9.17, 15) is 0 Å². The van der Waals surface area contributed by atoms with Crippen LogP contribution < -0.4 is 0 Å². The maximum Gasteiger partial charge on any atom is 0.0565 e. The molecule has 0 bridgehead atoms. The third-order valence-corrected chi connectivity index (χ3v) is 9.39. The van der Waals surface area contributed by atoms with Crippen molar-refractivity contribution in [3.8, 4) is 0 Å². The third-order valence-electron chi connectivity index (χ3n) is 3.18. The zero-order valence-electron chi connectivity index (χ0n) is 9.07. The van der Waals surface area contributed by atoms with Crippen molar-refractivity contribution in [1.82, 2.24) is 0 Å². The molecule has 2 heteroatoms. The van der Waals surface area contributed by atoms with Crippen LogP contribution in [0.4, 0.5) is 0 Å². The van der Waals surface area contributed by atoms with Crippen molar-refractivity contribution in [1.29, 1.82) is 0 Å². The fourth-order valence-corrected chi connectivity index (χ4v) is 5.06. The fourth-order valence-electron chi connectivity index (χ4n) is 1.58. The van der Waals surface area contributed by atoms with Crippen LogP contribution in [0.2, 0.25) is 24.2 Å². The van der Waals surface area contributed by atoms with E-state index in [-0.39, 0.29) is 0 Å². The van der Waals surface area contributed by atoms with Gasteiger partial charge in [-0.2, -0.15) is 0 Å². The van der Waals surface area contributed by atoms with Crippen LogP contribution in [0.25, 0.3) is 0 Å². The van der Waals surface area contributed by atoms with Crippen molar-refractivity contribution in [2.24, 2.45) is 0 Å². The summed E-state index contributed by atoms with van der Waals surface area (Å²) in [5.41, 5.74) is 0. The molecule has 0 aromatic heterocycles. The van der Waals surface area contributed by atoms with Crippen LogP contribution in [-0.2, 0) is 0 Å². The van der Waals surface area contributed by atoms with Crippen LogP contribution in [0.15, 0.2) is 23.2 Å². The zero-order chi connectivity index (χ0) is 10.3. The van der Waals surface area contributed by atoms with E-state index in [1.807, 2.05) is 6.08 Å². The first kappa shape index (κ1) is 13.2. The second-order valence-electron chi connectivity index (χ2n) is 3.56. The van der Waals surface area contributed by atoms with Gasteiger partial charge in [-0.05, 0) is 6.04 Å². The minimum Gasteiger partial charge on any atom is -0.0980 e. The minimum absolute atomic E-state index is 0.951. The van der Waals surface area contributed by atoms with Gasteiger partial charge in [0.25, 0.3) is 0 Å².